The van der Waals surface area contributed by atoms with Crippen molar-refractivity contribution in [3.05, 3.63) is 48.0 Å². The molecule has 0 bridgehead atoms. The van der Waals surface area contributed by atoms with Crippen LogP contribution in [0.15, 0.2) is 42.5 Å². The zero-order valence-electron chi connectivity index (χ0n) is 8.20. The van der Waals surface area contributed by atoms with E-state index in [0.29, 0.717) is 0 Å². The van der Waals surface area contributed by atoms with Gasteiger partial charge in [-0.15, -0.1) is 0 Å². The minimum Gasteiger partial charge on any atom is -0.478 e. The Kier molecular flexibility index (Phi) is 3.46. The predicted molar refractivity (Wildman–Crippen MR) is 57.5 cm³/mol. The molecule has 0 spiro atoms. The smallest absolute Gasteiger partial charge is 0.332 e. The number of hydrogen-bond acceptors (Lipinski definition) is 3. The third-order valence-corrected chi connectivity index (χ3v) is 3.14. The Bertz CT molecular complexity index is 503. The lowest BCUT2D eigenvalue weighted by Crippen LogP contribution is -2.18. The molecule has 0 amide bonds. The van der Waals surface area contributed by atoms with E-state index in [0.717, 1.165) is 0 Å². The largest absolute Gasteiger partial charge is 0.478 e. The standard InChI is InChI=1S/C10H10O5S/c1-7(10(11)12)9(16(13,14)15)8-5-3-2-4-6-8/h2-6,9H,1H2,(H,11,12)(H,13,14,15). The van der Waals surface area contributed by atoms with Crippen LogP contribution in [0.1, 0.15) is 10.8 Å². The maximum Gasteiger partial charge on any atom is 0.332 e. The van der Waals surface area contributed by atoms with E-state index in [2.05, 4.69) is 6.58 Å². The Morgan fingerprint density at radius 3 is 2.12 bits per heavy atom. The highest BCUT2D eigenvalue weighted by Crippen LogP contribution is 2.28. The molecule has 1 rings (SSSR count). The lowest BCUT2D eigenvalue weighted by molar-refractivity contribution is -0.132. The lowest BCUT2D eigenvalue weighted by Gasteiger charge is -2.13. The Labute approximate surface area is 92.8 Å². The number of benzene rings is 1. The van der Waals surface area contributed by atoms with Gasteiger partial charge in [0.15, 0.2) is 0 Å². The predicted octanol–water partition coefficient (Wildman–Crippen LogP) is 1.26. The van der Waals surface area contributed by atoms with Crippen LogP contribution in [0.25, 0.3) is 0 Å². The highest BCUT2D eigenvalue weighted by atomic mass is 32.2. The summed E-state index contributed by atoms with van der Waals surface area (Å²) in [5.41, 5.74) is -0.425. The molecule has 0 fully saturated rings. The Morgan fingerprint density at radius 1 is 1.25 bits per heavy atom. The fraction of sp³-hybridized carbons (Fsp3) is 0.100. The minimum atomic E-state index is -4.54. The monoisotopic (exact) mass is 242 g/mol. The molecule has 16 heavy (non-hydrogen) atoms. The first kappa shape index (κ1) is 12.4. The molecule has 0 radical (unpaired) electrons. The minimum absolute atomic E-state index is 0.164. The van der Waals surface area contributed by atoms with Crippen LogP contribution in [0.2, 0.25) is 0 Å². The van der Waals surface area contributed by atoms with E-state index in [1.165, 1.54) is 12.1 Å². The van der Waals surface area contributed by atoms with Gasteiger partial charge in [0, 0.05) is 0 Å². The molecule has 0 aliphatic rings. The molecule has 0 aliphatic carbocycles. The summed E-state index contributed by atoms with van der Waals surface area (Å²) in [5, 5.41) is 7.07. The molecule has 5 nitrogen and oxygen atoms in total. The summed E-state index contributed by atoms with van der Waals surface area (Å²) >= 11 is 0. The van der Waals surface area contributed by atoms with Crippen LogP contribution in [-0.2, 0) is 14.9 Å². The molecule has 1 aromatic carbocycles. The van der Waals surface area contributed by atoms with E-state index < -0.39 is 26.9 Å². The quantitative estimate of drug-likeness (QED) is 0.612. The van der Waals surface area contributed by atoms with Gasteiger partial charge in [0.25, 0.3) is 10.1 Å². The molecule has 0 heterocycles. The van der Waals surface area contributed by atoms with Crippen LogP contribution in [-0.4, -0.2) is 24.0 Å². The van der Waals surface area contributed by atoms with Gasteiger partial charge in [-0.2, -0.15) is 8.42 Å². The van der Waals surface area contributed by atoms with Crippen molar-refractivity contribution in [1.82, 2.24) is 0 Å². The lowest BCUT2D eigenvalue weighted by atomic mass is 10.1. The van der Waals surface area contributed by atoms with Crippen LogP contribution >= 0.6 is 0 Å². The van der Waals surface area contributed by atoms with Gasteiger partial charge < -0.3 is 5.11 Å². The van der Waals surface area contributed by atoms with Gasteiger partial charge in [0.2, 0.25) is 0 Å². The highest BCUT2D eigenvalue weighted by Gasteiger charge is 2.31. The third-order valence-electron chi connectivity index (χ3n) is 1.99. The number of carboxylic acid groups (broad SMARTS) is 1. The average molecular weight is 242 g/mol. The van der Waals surface area contributed by atoms with Crippen LogP contribution < -0.4 is 0 Å². The molecule has 2 N–H and O–H groups in total. The first-order valence-corrected chi connectivity index (χ1v) is 5.77. The van der Waals surface area contributed by atoms with Crippen LogP contribution in [0.3, 0.4) is 0 Å². The summed E-state index contributed by atoms with van der Waals surface area (Å²) in [6.45, 7) is 3.16. The van der Waals surface area contributed by atoms with Gasteiger partial charge in [0.05, 0.1) is 5.57 Å². The molecule has 1 atom stereocenters. The summed E-state index contributed by atoms with van der Waals surface area (Å²) < 4.78 is 31.2. The van der Waals surface area contributed by atoms with Crippen LogP contribution in [0, 0.1) is 0 Å². The van der Waals surface area contributed by atoms with E-state index in [1.807, 2.05) is 0 Å². The van der Waals surface area contributed by atoms with Crippen molar-refractivity contribution in [2.24, 2.45) is 0 Å². The summed E-state index contributed by atoms with van der Waals surface area (Å²) in [6.07, 6.45) is 0. The number of hydrogen-bond donors (Lipinski definition) is 2. The molecule has 0 aliphatic heterocycles. The van der Waals surface area contributed by atoms with Gasteiger partial charge in [0.1, 0.15) is 5.25 Å². The van der Waals surface area contributed by atoms with E-state index in [1.54, 1.807) is 18.2 Å². The first-order chi connectivity index (χ1) is 7.34. The molecule has 0 aromatic heterocycles. The molecule has 1 aromatic rings. The van der Waals surface area contributed by atoms with Gasteiger partial charge in [-0.25, -0.2) is 4.79 Å². The SMILES string of the molecule is C=C(C(=O)O)C(c1ccccc1)S(=O)(=O)O. The van der Waals surface area contributed by atoms with E-state index >= 15 is 0 Å². The number of aliphatic carboxylic acids is 1. The maximum atomic E-state index is 11.1. The summed E-state index contributed by atoms with van der Waals surface area (Å²) in [5.74, 6) is -1.47. The number of carboxylic acids is 1. The zero-order valence-corrected chi connectivity index (χ0v) is 9.02. The van der Waals surface area contributed by atoms with Crippen LogP contribution in [0.4, 0.5) is 0 Å². The van der Waals surface area contributed by atoms with Gasteiger partial charge in [-0.05, 0) is 5.56 Å². The average Bonchev–Trinajstić information content (AvgIpc) is 2.17. The Morgan fingerprint density at radius 2 is 1.75 bits per heavy atom. The van der Waals surface area contributed by atoms with E-state index in [4.69, 9.17) is 9.66 Å². The second-order valence-electron chi connectivity index (χ2n) is 3.14. The van der Waals surface area contributed by atoms with E-state index in [9.17, 15) is 13.2 Å². The highest BCUT2D eigenvalue weighted by molar-refractivity contribution is 7.86. The molecule has 1 unspecified atom stereocenters. The molecule has 0 saturated carbocycles. The molecule has 0 saturated heterocycles. The van der Waals surface area contributed by atoms with Crippen molar-refractivity contribution < 1.29 is 22.9 Å². The normalized spacial score (nSPS) is 13.1. The Balaban J connectivity index is 3.29. The van der Waals surface area contributed by atoms with Crippen molar-refractivity contribution in [2.45, 2.75) is 5.25 Å². The van der Waals surface area contributed by atoms with Crippen molar-refractivity contribution in [3.63, 3.8) is 0 Å². The fourth-order valence-corrected chi connectivity index (χ4v) is 2.25. The molecule has 6 heteroatoms. The zero-order chi connectivity index (χ0) is 12.3. The summed E-state index contributed by atoms with van der Waals surface area (Å²) in [4.78, 5) is 10.7. The summed E-state index contributed by atoms with van der Waals surface area (Å²) in [7, 11) is -4.54. The van der Waals surface area contributed by atoms with Gasteiger partial charge in [-0.3, -0.25) is 4.55 Å². The van der Waals surface area contributed by atoms with Crippen molar-refractivity contribution >= 4 is 16.1 Å². The number of carbonyl (C=O) groups is 1. The molecular formula is C10H10O5S. The second kappa shape index (κ2) is 4.46. The fourth-order valence-electron chi connectivity index (χ4n) is 1.29. The van der Waals surface area contributed by atoms with Gasteiger partial charge in [-0.1, -0.05) is 36.9 Å². The summed E-state index contributed by atoms with van der Waals surface area (Å²) in [6, 6.07) is 7.55. The molecule has 86 valence electrons. The third kappa shape index (κ3) is 2.68. The van der Waals surface area contributed by atoms with Crippen molar-refractivity contribution in [2.75, 3.05) is 0 Å². The Hall–Kier alpha value is -1.66. The molecular weight excluding hydrogens is 232 g/mol. The second-order valence-corrected chi connectivity index (χ2v) is 4.64. The maximum absolute atomic E-state index is 11.1. The van der Waals surface area contributed by atoms with Crippen LogP contribution in [0.5, 0.6) is 0 Å². The van der Waals surface area contributed by atoms with Crippen molar-refractivity contribution in [3.8, 4) is 0 Å². The topological polar surface area (TPSA) is 91.7 Å². The first-order valence-electron chi connectivity index (χ1n) is 4.27. The van der Waals surface area contributed by atoms with Gasteiger partial charge >= 0.3 is 5.97 Å². The van der Waals surface area contributed by atoms with Crippen molar-refractivity contribution in [1.29, 1.82) is 0 Å². The van der Waals surface area contributed by atoms with E-state index in [-0.39, 0.29) is 5.56 Å². The number of rotatable bonds is 4.